The minimum absolute atomic E-state index is 0.0565. The van der Waals surface area contributed by atoms with E-state index in [1.807, 2.05) is 0 Å². The van der Waals surface area contributed by atoms with Gasteiger partial charge in [-0.15, -0.1) is 0 Å². The number of aliphatic hydroxyl groups is 1. The Morgan fingerprint density at radius 2 is 1.44 bits per heavy atom. The fourth-order valence-electron chi connectivity index (χ4n) is 7.91. The molecule has 0 unspecified atom stereocenters. The Kier molecular flexibility index (Phi) is 7.98. The van der Waals surface area contributed by atoms with Crippen molar-refractivity contribution in [2.75, 3.05) is 0 Å². The minimum Gasteiger partial charge on any atom is -0.462 e. The highest BCUT2D eigenvalue weighted by atomic mass is 16.6. The molecule has 8 atom stereocenters. The number of fused-ring (bicyclic) bond motifs is 1. The number of ether oxygens (including phenoxy) is 5. The van der Waals surface area contributed by atoms with Gasteiger partial charge in [-0.3, -0.25) is 14.4 Å². The van der Waals surface area contributed by atoms with E-state index in [9.17, 15) is 29.1 Å². The van der Waals surface area contributed by atoms with Crippen molar-refractivity contribution in [2.45, 2.75) is 95.6 Å². The van der Waals surface area contributed by atoms with Crippen LogP contribution < -0.4 is 5.56 Å². The zero-order chi connectivity index (χ0) is 33.1. The van der Waals surface area contributed by atoms with Crippen molar-refractivity contribution in [3.63, 3.8) is 0 Å². The van der Waals surface area contributed by atoms with Crippen LogP contribution in [0.3, 0.4) is 0 Å². The van der Waals surface area contributed by atoms with Gasteiger partial charge in [-0.25, -0.2) is 9.59 Å². The smallest absolute Gasteiger partial charge is 0.340 e. The highest BCUT2D eigenvalue weighted by Crippen LogP contribution is 2.69. The average molecular weight is 626 g/mol. The van der Waals surface area contributed by atoms with Gasteiger partial charge in [0, 0.05) is 33.2 Å². The Balaban J connectivity index is 1.75. The van der Waals surface area contributed by atoms with Crippen LogP contribution in [0.1, 0.15) is 75.1 Å². The maximum atomic E-state index is 13.8. The number of esters is 4. The SMILES string of the molecule is CC(=O)O[C@H]1[C@@H]2[C@@H](OC(=O)c3ccc(=O)n(C)c3)[C@@]3(OC2(C)C)[C@@](C)([C@@H](OC(C)=O)CC[C@]3(C)O)[C@H]1OC(=O)c1ccccc1. The molecule has 5 rings (SSSR count). The molecule has 45 heavy (non-hydrogen) atoms. The minimum atomic E-state index is -1.85. The quantitative estimate of drug-likeness (QED) is 0.372. The van der Waals surface area contributed by atoms with E-state index in [0.29, 0.717) is 0 Å². The van der Waals surface area contributed by atoms with Crippen molar-refractivity contribution in [3.05, 3.63) is 70.1 Å². The van der Waals surface area contributed by atoms with E-state index in [-0.39, 0.29) is 29.5 Å². The van der Waals surface area contributed by atoms with Gasteiger partial charge in [-0.2, -0.15) is 0 Å². The molecule has 1 aromatic carbocycles. The maximum Gasteiger partial charge on any atom is 0.340 e. The third kappa shape index (κ3) is 5.04. The Labute approximate surface area is 260 Å². The van der Waals surface area contributed by atoms with E-state index in [2.05, 4.69) is 0 Å². The lowest BCUT2D eigenvalue weighted by atomic mass is 9.47. The lowest BCUT2D eigenvalue weighted by molar-refractivity contribution is -0.335. The van der Waals surface area contributed by atoms with E-state index in [4.69, 9.17) is 23.7 Å². The largest absolute Gasteiger partial charge is 0.462 e. The Bertz CT molecular complexity index is 1580. The van der Waals surface area contributed by atoms with E-state index >= 15 is 0 Å². The first-order chi connectivity index (χ1) is 21.0. The second kappa shape index (κ2) is 11.1. The third-order valence-corrected chi connectivity index (χ3v) is 9.77. The molecule has 2 bridgehead atoms. The van der Waals surface area contributed by atoms with Crippen molar-refractivity contribution in [1.29, 1.82) is 0 Å². The summed E-state index contributed by atoms with van der Waals surface area (Å²) in [5.74, 6) is -3.86. The number of hydrogen-bond donors (Lipinski definition) is 1. The van der Waals surface area contributed by atoms with Crippen molar-refractivity contribution in [3.8, 4) is 0 Å². The van der Waals surface area contributed by atoms with Gasteiger partial charge in [0.25, 0.3) is 0 Å². The molecule has 12 nitrogen and oxygen atoms in total. The Morgan fingerprint density at radius 1 is 0.844 bits per heavy atom. The van der Waals surface area contributed by atoms with Crippen LogP contribution in [0.2, 0.25) is 0 Å². The monoisotopic (exact) mass is 625 g/mol. The standard InChI is InChI=1S/C33H39NO11/c1-18(35)41-22-15-16-31(5,40)33-26(43-29(39)21-13-14-23(37)34(7)17-21)24(30(3,4)45-33)25(42-19(2)36)27(32(22,33)6)44-28(38)20-11-9-8-10-12-20/h8-14,17,22,24-27,40H,15-16H2,1-7H3/t22-,24+,25-,26+,27-,31-,32-,33-/m0/s1. The molecule has 2 saturated carbocycles. The number of hydrogen-bond acceptors (Lipinski definition) is 11. The Morgan fingerprint density at radius 3 is 2.04 bits per heavy atom. The Hall–Kier alpha value is -4.03. The van der Waals surface area contributed by atoms with Gasteiger partial charge in [0.05, 0.1) is 33.7 Å². The molecule has 1 aliphatic heterocycles. The van der Waals surface area contributed by atoms with E-state index in [1.54, 1.807) is 58.0 Å². The summed E-state index contributed by atoms with van der Waals surface area (Å²) >= 11 is 0. The number of carbonyl (C=O) groups excluding carboxylic acids is 4. The van der Waals surface area contributed by atoms with Crippen LogP contribution in [0, 0.1) is 11.3 Å². The molecule has 2 aliphatic carbocycles. The number of pyridine rings is 1. The van der Waals surface area contributed by atoms with Crippen molar-refractivity contribution in [1.82, 2.24) is 4.57 Å². The summed E-state index contributed by atoms with van der Waals surface area (Å²) in [7, 11) is 1.49. The number of aromatic nitrogens is 1. The van der Waals surface area contributed by atoms with Gasteiger partial charge in [-0.05, 0) is 58.7 Å². The first kappa shape index (κ1) is 32.4. The fraction of sp³-hybridized carbons (Fsp3) is 0.545. The molecule has 3 fully saturated rings. The molecule has 12 heteroatoms. The first-order valence-electron chi connectivity index (χ1n) is 14.9. The number of carbonyl (C=O) groups is 4. The summed E-state index contributed by atoms with van der Waals surface area (Å²) in [4.78, 5) is 64.6. The van der Waals surface area contributed by atoms with E-state index in [1.165, 1.54) is 43.8 Å². The van der Waals surface area contributed by atoms with Gasteiger partial charge in [0.1, 0.15) is 23.9 Å². The number of nitrogens with zero attached hydrogens (tertiary/aromatic N) is 1. The maximum absolute atomic E-state index is 13.8. The van der Waals surface area contributed by atoms with Crippen LogP contribution in [-0.2, 0) is 40.3 Å². The second-order valence-electron chi connectivity index (χ2n) is 13.1. The third-order valence-electron chi connectivity index (χ3n) is 9.77. The summed E-state index contributed by atoms with van der Waals surface area (Å²) in [6.45, 7) is 9.04. The number of aryl methyl sites for hydroxylation is 1. The average Bonchev–Trinajstić information content (AvgIpc) is 3.17. The highest BCUT2D eigenvalue weighted by molar-refractivity contribution is 5.90. The molecular formula is C33H39NO11. The second-order valence-corrected chi connectivity index (χ2v) is 13.1. The summed E-state index contributed by atoms with van der Waals surface area (Å²) in [5, 5.41) is 12.3. The topological polar surface area (TPSA) is 157 Å². The number of rotatable bonds is 6. The van der Waals surface area contributed by atoms with Crippen molar-refractivity contribution in [2.24, 2.45) is 18.4 Å². The molecule has 1 saturated heterocycles. The zero-order valence-corrected chi connectivity index (χ0v) is 26.4. The van der Waals surface area contributed by atoms with E-state index < -0.39 is 76.4 Å². The van der Waals surface area contributed by atoms with Crippen molar-refractivity contribution < 1.29 is 48.0 Å². The van der Waals surface area contributed by atoms with Crippen LogP contribution in [-0.4, -0.2) is 74.8 Å². The van der Waals surface area contributed by atoms with Gasteiger partial charge in [0.2, 0.25) is 5.56 Å². The molecular weight excluding hydrogens is 586 g/mol. The van der Waals surface area contributed by atoms with Crippen LogP contribution in [0.5, 0.6) is 0 Å². The van der Waals surface area contributed by atoms with Crippen molar-refractivity contribution >= 4 is 23.9 Å². The predicted octanol–water partition coefficient (Wildman–Crippen LogP) is 2.73. The van der Waals surface area contributed by atoms with Crippen LogP contribution in [0.4, 0.5) is 0 Å². The lowest BCUT2D eigenvalue weighted by Crippen LogP contribution is -2.81. The molecule has 0 amide bonds. The molecule has 1 aromatic heterocycles. The van der Waals surface area contributed by atoms with Crippen LogP contribution in [0.25, 0.3) is 0 Å². The molecule has 0 radical (unpaired) electrons. The zero-order valence-electron chi connectivity index (χ0n) is 26.4. The molecule has 2 heterocycles. The molecule has 1 spiro atoms. The van der Waals surface area contributed by atoms with Gasteiger partial charge < -0.3 is 33.4 Å². The normalized spacial score (nSPS) is 34.6. The summed E-state index contributed by atoms with van der Waals surface area (Å²) < 4.78 is 32.4. The first-order valence-corrected chi connectivity index (χ1v) is 14.9. The van der Waals surface area contributed by atoms with Crippen LogP contribution in [0.15, 0.2) is 53.5 Å². The van der Waals surface area contributed by atoms with Crippen LogP contribution >= 0.6 is 0 Å². The van der Waals surface area contributed by atoms with E-state index in [0.717, 1.165) is 0 Å². The summed E-state index contributed by atoms with van der Waals surface area (Å²) in [6, 6.07) is 10.8. The molecule has 242 valence electrons. The summed E-state index contributed by atoms with van der Waals surface area (Å²) in [5.41, 5.74) is -6.52. The molecule has 1 N–H and O–H groups in total. The van der Waals surface area contributed by atoms with Gasteiger partial charge >= 0.3 is 23.9 Å². The summed E-state index contributed by atoms with van der Waals surface area (Å²) in [6.07, 6.45) is -3.41. The molecule has 2 aromatic rings. The predicted molar refractivity (Wildman–Crippen MR) is 157 cm³/mol. The van der Waals surface area contributed by atoms with Gasteiger partial charge in [-0.1, -0.05) is 18.2 Å². The lowest BCUT2D eigenvalue weighted by Gasteiger charge is -2.65. The number of benzene rings is 1. The highest BCUT2D eigenvalue weighted by Gasteiger charge is 2.85. The van der Waals surface area contributed by atoms with Gasteiger partial charge in [0.15, 0.2) is 6.10 Å². The molecule has 3 aliphatic rings. The fourth-order valence-corrected chi connectivity index (χ4v) is 7.91.